The van der Waals surface area contributed by atoms with Gasteiger partial charge in [-0.25, -0.2) is 4.52 Å². The summed E-state index contributed by atoms with van der Waals surface area (Å²) in [6.45, 7) is 4.05. The molecule has 0 unspecified atom stereocenters. The van der Waals surface area contributed by atoms with Crippen molar-refractivity contribution in [1.82, 2.24) is 25.2 Å². The van der Waals surface area contributed by atoms with Gasteiger partial charge in [-0.15, -0.1) is 0 Å². The van der Waals surface area contributed by atoms with Crippen LogP contribution in [0, 0.1) is 17.2 Å². The van der Waals surface area contributed by atoms with Crippen molar-refractivity contribution in [2.45, 2.75) is 70.5 Å². The Hall–Kier alpha value is -3.93. The second kappa shape index (κ2) is 9.97. The van der Waals surface area contributed by atoms with Gasteiger partial charge in [0.25, 0.3) is 5.91 Å². The van der Waals surface area contributed by atoms with Crippen LogP contribution in [0.15, 0.2) is 36.7 Å². The van der Waals surface area contributed by atoms with Crippen molar-refractivity contribution in [3.05, 3.63) is 47.8 Å². The van der Waals surface area contributed by atoms with Crippen molar-refractivity contribution in [2.24, 2.45) is 5.92 Å². The van der Waals surface area contributed by atoms with E-state index in [2.05, 4.69) is 32.1 Å². The molecule has 2 aliphatic rings. The third-order valence-electron chi connectivity index (χ3n) is 6.84. The van der Waals surface area contributed by atoms with Crippen LogP contribution in [0.25, 0.3) is 16.9 Å². The van der Waals surface area contributed by atoms with Crippen molar-refractivity contribution in [3.63, 3.8) is 0 Å². The lowest BCUT2D eigenvalue weighted by molar-refractivity contribution is -0.123. The minimum absolute atomic E-state index is 0.0752. The zero-order chi connectivity index (χ0) is 25.2. The summed E-state index contributed by atoms with van der Waals surface area (Å²) in [5, 5.41) is 23.2. The highest BCUT2D eigenvalue weighted by Crippen LogP contribution is 2.30. The molecular weight excluding hydrogens is 454 g/mol. The average molecular weight is 486 g/mol. The highest BCUT2D eigenvalue weighted by Gasteiger charge is 2.32. The van der Waals surface area contributed by atoms with Crippen LogP contribution in [-0.4, -0.2) is 44.5 Å². The van der Waals surface area contributed by atoms with Gasteiger partial charge in [0.05, 0.1) is 39.9 Å². The number of anilines is 1. The summed E-state index contributed by atoms with van der Waals surface area (Å²) in [6, 6.07) is 9.96. The molecule has 0 aliphatic heterocycles. The minimum Gasteiger partial charge on any atom is -0.382 e. The monoisotopic (exact) mass is 485 g/mol. The van der Waals surface area contributed by atoms with Crippen LogP contribution in [0.1, 0.15) is 68.3 Å². The Kier molecular flexibility index (Phi) is 6.59. The maximum absolute atomic E-state index is 13.2. The van der Waals surface area contributed by atoms with E-state index in [9.17, 15) is 9.59 Å². The third kappa shape index (κ3) is 5.18. The van der Waals surface area contributed by atoms with Gasteiger partial charge in [-0.3, -0.25) is 14.6 Å². The Morgan fingerprint density at radius 3 is 2.42 bits per heavy atom. The number of nitriles is 1. The Morgan fingerprint density at radius 2 is 1.75 bits per heavy atom. The normalized spacial score (nSPS) is 19.6. The SMILES string of the molecule is CC(C)Nc1cc(-c2ccc3cc(C#N)cnn23)ncc1C(=O)N[C@H]1CC[C@H](NC(=O)C2CC2)CC1. The molecule has 0 atom stereocenters. The number of carbonyl (C=O) groups excluding carboxylic acids is 2. The van der Waals surface area contributed by atoms with Crippen molar-refractivity contribution in [2.75, 3.05) is 5.32 Å². The summed E-state index contributed by atoms with van der Waals surface area (Å²) in [6.07, 6.45) is 8.58. The van der Waals surface area contributed by atoms with E-state index in [1.807, 2.05) is 32.0 Å². The van der Waals surface area contributed by atoms with Gasteiger partial charge in [0.1, 0.15) is 6.07 Å². The fourth-order valence-corrected chi connectivity index (χ4v) is 4.77. The molecule has 3 aromatic heterocycles. The molecule has 9 heteroatoms. The van der Waals surface area contributed by atoms with Gasteiger partial charge in [-0.2, -0.15) is 10.4 Å². The second-order valence-electron chi connectivity index (χ2n) is 10.1. The molecule has 0 bridgehead atoms. The highest BCUT2D eigenvalue weighted by molar-refractivity contribution is 6.00. The minimum atomic E-state index is -0.153. The molecule has 186 valence electrons. The van der Waals surface area contributed by atoms with E-state index in [4.69, 9.17) is 5.26 Å². The zero-order valence-corrected chi connectivity index (χ0v) is 20.6. The van der Waals surface area contributed by atoms with Crippen LogP contribution < -0.4 is 16.0 Å². The van der Waals surface area contributed by atoms with Crippen LogP contribution in [0.3, 0.4) is 0 Å². The molecule has 3 aromatic rings. The number of hydrogen-bond donors (Lipinski definition) is 3. The number of nitrogens with zero attached hydrogens (tertiary/aromatic N) is 4. The van der Waals surface area contributed by atoms with Gasteiger partial charge in [0.2, 0.25) is 5.91 Å². The number of fused-ring (bicyclic) bond motifs is 1. The highest BCUT2D eigenvalue weighted by atomic mass is 16.2. The first kappa shape index (κ1) is 23.8. The number of aromatic nitrogens is 3. The molecule has 36 heavy (non-hydrogen) atoms. The van der Waals surface area contributed by atoms with E-state index >= 15 is 0 Å². The maximum atomic E-state index is 13.2. The predicted octanol–water partition coefficient (Wildman–Crippen LogP) is 3.66. The summed E-state index contributed by atoms with van der Waals surface area (Å²) in [4.78, 5) is 29.9. The number of carbonyl (C=O) groups is 2. The number of amides is 2. The quantitative estimate of drug-likeness (QED) is 0.469. The van der Waals surface area contributed by atoms with Crippen molar-refractivity contribution >= 4 is 23.0 Å². The van der Waals surface area contributed by atoms with Crippen LogP contribution >= 0.6 is 0 Å². The summed E-state index contributed by atoms with van der Waals surface area (Å²) in [7, 11) is 0. The largest absolute Gasteiger partial charge is 0.382 e. The van der Waals surface area contributed by atoms with Crippen LogP contribution in [0.5, 0.6) is 0 Å². The molecule has 3 heterocycles. The molecular formula is C27H31N7O2. The van der Waals surface area contributed by atoms with E-state index in [1.165, 1.54) is 6.20 Å². The number of hydrogen-bond acceptors (Lipinski definition) is 6. The fourth-order valence-electron chi connectivity index (χ4n) is 4.77. The zero-order valence-electron chi connectivity index (χ0n) is 20.6. The lowest BCUT2D eigenvalue weighted by Gasteiger charge is -2.30. The van der Waals surface area contributed by atoms with Crippen LogP contribution in [-0.2, 0) is 4.79 Å². The van der Waals surface area contributed by atoms with Crippen LogP contribution in [0.4, 0.5) is 5.69 Å². The first-order chi connectivity index (χ1) is 17.4. The predicted molar refractivity (Wildman–Crippen MR) is 136 cm³/mol. The molecule has 2 aliphatic carbocycles. The fraction of sp³-hybridized carbons (Fsp3) is 0.444. The van der Waals surface area contributed by atoms with Gasteiger partial charge in [0, 0.05) is 30.2 Å². The number of rotatable bonds is 7. The molecule has 0 spiro atoms. The Morgan fingerprint density at radius 1 is 1.03 bits per heavy atom. The number of nitrogens with one attached hydrogen (secondary N) is 3. The lowest BCUT2D eigenvalue weighted by Crippen LogP contribution is -2.44. The molecule has 0 radical (unpaired) electrons. The molecule has 3 N–H and O–H groups in total. The summed E-state index contributed by atoms with van der Waals surface area (Å²) in [5.74, 6) is 0.259. The van der Waals surface area contributed by atoms with E-state index < -0.39 is 0 Å². The van der Waals surface area contributed by atoms with Crippen molar-refractivity contribution in [1.29, 1.82) is 5.26 Å². The summed E-state index contributed by atoms with van der Waals surface area (Å²) < 4.78 is 1.74. The van der Waals surface area contributed by atoms with Crippen molar-refractivity contribution in [3.8, 4) is 17.5 Å². The summed E-state index contributed by atoms with van der Waals surface area (Å²) in [5.41, 5.74) is 3.96. The van der Waals surface area contributed by atoms with Gasteiger partial charge >= 0.3 is 0 Å². The average Bonchev–Trinajstić information content (AvgIpc) is 3.64. The molecule has 2 saturated carbocycles. The van der Waals surface area contributed by atoms with Gasteiger partial charge in [0.15, 0.2) is 0 Å². The smallest absolute Gasteiger partial charge is 0.255 e. The Labute approximate surface area is 210 Å². The molecule has 0 saturated heterocycles. The topological polar surface area (TPSA) is 124 Å². The second-order valence-corrected chi connectivity index (χ2v) is 10.1. The van der Waals surface area contributed by atoms with Crippen molar-refractivity contribution < 1.29 is 9.59 Å². The maximum Gasteiger partial charge on any atom is 0.255 e. The van der Waals surface area contributed by atoms with Gasteiger partial charge in [-0.1, -0.05) is 0 Å². The van der Waals surface area contributed by atoms with E-state index in [-0.39, 0.29) is 35.9 Å². The van der Waals surface area contributed by atoms with Gasteiger partial charge < -0.3 is 16.0 Å². The van der Waals surface area contributed by atoms with E-state index in [0.29, 0.717) is 22.5 Å². The Balaban J connectivity index is 1.30. The molecule has 0 aromatic carbocycles. The van der Waals surface area contributed by atoms with E-state index in [1.54, 1.807) is 16.8 Å². The molecule has 2 amide bonds. The molecule has 9 nitrogen and oxygen atoms in total. The van der Waals surface area contributed by atoms with Crippen LogP contribution in [0.2, 0.25) is 0 Å². The summed E-state index contributed by atoms with van der Waals surface area (Å²) >= 11 is 0. The molecule has 2 fully saturated rings. The first-order valence-corrected chi connectivity index (χ1v) is 12.7. The Bertz CT molecular complexity index is 1330. The first-order valence-electron chi connectivity index (χ1n) is 12.7. The molecule has 5 rings (SSSR count). The van der Waals surface area contributed by atoms with E-state index in [0.717, 1.165) is 49.7 Å². The third-order valence-corrected chi connectivity index (χ3v) is 6.84. The number of pyridine rings is 1. The van der Waals surface area contributed by atoms with Gasteiger partial charge in [-0.05, 0) is 76.6 Å². The standard InChI is InChI=1S/C27H31N7O2/c1-16(2)31-23-12-24(25-10-9-21-11-17(13-28)14-30-34(21)25)29-15-22(23)27(36)33-20-7-5-19(6-8-20)32-26(35)18-3-4-18/h9-12,14-16,18-20H,3-8H2,1-2H3,(H,29,31)(H,32,35)(H,33,36)/t19-,20-. The lowest BCUT2D eigenvalue weighted by atomic mass is 9.90.